The zero-order valence-corrected chi connectivity index (χ0v) is 25.3. The molecule has 2 fully saturated rings. The predicted octanol–water partition coefficient (Wildman–Crippen LogP) is 7.29. The average Bonchev–Trinajstić information content (AvgIpc) is 3.79. The Morgan fingerprint density at radius 3 is 1.86 bits per heavy atom. The quantitative estimate of drug-likeness (QED) is 0.173. The molecule has 7 rings (SSSR count). The normalized spacial score (nSPS) is 19.1. The molecule has 0 spiro atoms. The molecule has 2 saturated heterocycles. The van der Waals surface area contributed by atoms with E-state index in [1.165, 1.54) is 4.90 Å². The van der Waals surface area contributed by atoms with Crippen LogP contribution in [-0.2, 0) is 0 Å². The van der Waals surface area contributed by atoms with Crippen molar-refractivity contribution in [2.45, 2.75) is 64.1 Å². The Morgan fingerprint density at radius 1 is 0.837 bits per heavy atom. The van der Waals surface area contributed by atoms with Crippen molar-refractivity contribution in [2.24, 2.45) is 0 Å². The van der Waals surface area contributed by atoms with Crippen LogP contribution in [0.4, 0.5) is 9.59 Å². The van der Waals surface area contributed by atoms with Gasteiger partial charge in [-0.15, -0.1) is 11.3 Å². The number of aromatic amines is 2. The molecule has 222 valence electrons. The van der Waals surface area contributed by atoms with Crippen LogP contribution in [0.15, 0.2) is 48.5 Å². The van der Waals surface area contributed by atoms with Crippen molar-refractivity contribution < 1.29 is 14.7 Å². The number of rotatable bonds is 4. The number of benzene rings is 2. The van der Waals surface area contributed by atoms with Gasteiger partial charge in [0.15, 0.2) is 0 Å². The molecule has 11 heteroatoms. The highest BCUT2D eigenvalue weighted by atomic mass is 32.1. The highest BCUT2D eigenvalue weighted by Gasteiger charge is 2.34. The number of imidazole rings is 2. The molecule has 2 unspecified atom stereocenters. The Kier molecular flexibility index (Phi) is 6.65. The lowest BCUT2D eigenvalue weighted by molar-refractivity contribution is 0.139. The molecule has 0 radical (unpaired) electrons. The van der Waals surface area contributed by atoms with Gasteiger partial charge in [0, 0.05) is 28.4 Å². The van der Waals surface area contributed by atoms with Crippen molar-refractivity contribution >= 4 is 45.5 Å². The number of nitrogens with one attached hydrogen (secondary N) is 3. The van der Waals surface area contributed by atoms with Gasteiger partial charge >= 0.3 is 12.1 Å². The van der Waals surface area contributed by atoms with Crippen molar-refractivity contribution in [3.05, 3.63) is 60.2 Å². The minimum absolute atomic E-state index is 0.0485. The molecule has 10 nitrogen and oxygen atoms in total. The lowest BCUT2D eigenvalue weighted by Gasteiger charge is -2.28. The number of H-pyrrole nitrogens is 2. The van der Waals surface area contributed by atoms with Gasteiger partial charge in [-0.25, -0.2) is 19.6 Å². The highest BCUT2D eigenvalue weighted by Crippen LogP contribution is 2.38. The Hall–Kier alpha value is -4.38. The third kappa shape index (κ3) is 5.22. The first kappa shape index (κ1) is 27.5. The van der Waals surface area contributed by atoms with Crippen molar-refractivity contribution in [1.82, 2.24) is 35.1 Å². The fourth-order valence-corrected chi connectivity index (χ4v) is 7.29. The summed E-state index contributed by atoms with van der Waals surface area (Å²) >= 11 is 1.72. The number of thiophene rings is 1. The molecule has 5 heterocycles. The number of hydrogen-bond acceptors (Lipinski definition) is 5. The monoisotopic (exact) mass is 597 g/mol. The van der Waals surface area contributed by atoms with Crippen molar-refractivity contribution in [3.8, 4) is 20.9 Å². The van der Waals surface area contributed by atoms with E-state index in [0.29, 0.717) is 12.4 Å². The van der Waals surface area contributed by atoms with Gasteiger partial charge in [0.25, 0.3) is 0 Å². The fraction of sp³-hybridized carbons (Fsp3) is 0.375. The zero-order valence-electron chi connectivity index (χ0n) is 24.5. The molecule has 4 N–H and O–H groups in total. The SMILES string of the molecule is CC(C)(C)NC(=O)N1CCCC1c1nc2ccc(-c3ccc(-c4ccc5nc(C6CCCN6C(=O)O)[nH]c5c4)s3)cc2[nH]1. The number of amides is 3. The Balaban J connectivity index is 1.12. The van der Waals surface area contributed by atoms with Gasteiger partial charge in [-0.1, -0.05) is 12.1 Å². The van der Waals surface area contributed by atoms with Crippen LogP contribution < -0.4 is 5.32 Å². The van der Waals surface area contributed by atoms with E-state index in [2.05, 4.69) is 51.7 Å². The molecule has 0 aliphatic carbocycles. The van der Waals surface area contributed by atoms with Crippen LogP contribution in [0.3, 0.4) is 0 Å². The van der Waals surface area contributed by atoms with Crippen LogP contribution in [0.25, 0.3) is 42.9 Å². The van der Waals surface area contributed by atoms with Crippen molar-refractivity contribution in [2.75, 3.05) is 13.1 Å². The first-order valence-corrected chi connectivity index (χ1v) is 15.6. The summed E-state index contributed by atoms with van der Waals surface area (Å²) in [6.45, 7) is 7.24. The van der Waals surface area contributed by atoms with E-state index in [1.807, 2.05) is 37.8 Å². The summed E-state index contributed by atoms with van der Waals surface area (Å²) in [7, 11) is 0. The first-order chi connectivity index (χ1) is 20.6. The maximum absolute atomic E-state index is 12.9. The summed E-state index contributed by atoms with van der Waals surface area (Å²) < 4.78 is 0. The van der Waals surface area contributed by atoms with E-state index >= 15 is 0 Å². The van der Waals surface area contributed by atoms with Gasteiger partial charge in [-0.3, -0.25) is 4.90 Å². The van der Waals surface area contributed by atoms with Crippen LogP contribution in [0, 0.1) is 0 Å². The number of carboxylic acid groups (broad SMARTS) is 1. The Morgan fingerprint density at radius 2 is 1.35 bits per heavy atom. The standard InChI is InChI=1S/C32H35N7O3S/c1-32(2,3)37-30(40)38-14-4-6-24(38)28-33-20-10-8-18(16-22(20)35-28)26-12-13-27(43-26)19-9-11-21-23(17-19)36-29(34-21)25-7-5-15-39(25)31(41)42/h8-13,16-17,24-25H,4-7,14-15H2,1-3H3,(H,33,35)(H,34,36)(H,37,40)(H,41,42). The number of carbonyl (C=O) groups is 2. The molecule has 2 aromatic carbocycles. The second-order valence-corrected chi connectivity index (χ2v) is 13.6. The number of aromatic nitrogens is 4. The van der Waals surface area contributed by atoms with E-state index in [9.17, 15) is 14.7 Å². The predicted molar refractivity (Wildman–Crippen MR) is 168 cm³/mol. The molecule has 2 aliphatic heterocycles. The molecule has 5 aromatic rings. The minimum atomic E-state index is -0.900. The number of hydrogen-bond donors (Lipinski definition) is 4. The number of likely N-dealkylation sites (tertiary alicyclic amines) is 2. The maximum atomic E-state index is 12.9. The van der Waals surface area contributed by atoms with E-state index < -0.39 is 6.09 Å². The number of nitrogens with zero attached hydrogens (tertiary/aromatic N) is 4. The minimum Gasteiger partial charge on any atom is -0.465 e. The molecule has 0 bridgehead atoms. The Labute approximate surface area is 253 Å². The molecule has 43 heavy (non-hydrogen) atoms. The molecule has 2 atom stereocenters. The molecule has 2 aliphatic rings. The van der Waals surface area contributed by atoms with Crippen LogP contribution in [0.5, 0.6) is 0 Å². The van der Waals surface area contributed by atoms with Gasteiger partial charge in [-0.2, -0.15) is 0 Å². The third-order valence-corrected chi connectivity index (χ3v) is 9.48. The second kappa shape index (κ2) is 10.4. The van der Waals surface area contributed by atoms with Gasteiger partial charge in [-0.05, 0) is 94.0 Å². The summed E-state index contributed by atoms with van der Waals surface area (Å²) in [6.07, 6.45) is 2.56. The fourth-order valence-electron chi connectivity index (χ4n) is 6.30. The lowest BCUT2D eigenvalue weighted by Crippen LogP contribution is -2.48. The molecule has 0 saturated carbocycles. The van der Waals surface area contributed by atoms with Crippen LogP contribution >= 0.6 is 11.3 Å². The summed E-state index contributed by atoms with van der Waals surface area (Å²) in [5, 5.41) is 12.6. The maximum Gasteiger partial charge on any atom is 0.407 e. The number of carbonyl (C=O) groups excluding carboxylic acids is 1. The van der Waals surface area contributed by atoms with E-state index in [-0.39, 0.29) is 23.7 Å². The van der Waals surface area contributed by atoms with Gasteiger partial charge in [0.05, 0.1) is 34.2 Å². The topological polar surface area (TPSA) is 130 Å². The average molecular weight is 598 g/mol. The summed E-state index contributed by atoms with van der Waals surface area (Å²) in [5.41, 5.74) is 5.49. The molecular formula is C32H35N7O3S. The smallest absolute Gasteiger partial charge is 0.407 e. The van der Waals surface area contributed by atoms with Crippen LogP contribution in [0.2, 0.25) is 0 Å². The van der Waals surface area contributed by atoms with Crippen molar-refractivity contribution in [3.63, 3.8) is 0 Å². The summed E-state index contributed by atoms with van der Waals surface area (Å²) in [5.74, 6) is 1.54. The van der Waals surface area contributed by atoms with Crippen LogP contribution in [0.1, 0.15) is 70.2 Å². The van der Waals surface area contributed by atoms with Crippen molar-refractivity contribution in [1.29, 1.82) is 0 Å². The largest absolute Gasteiger partial charge is 0.465 e. The number of urea groups is 1. The summed E-state index contributed by atoms with van der Waals surface area (Å²) in [4.78, 5) is 46.7. The highest BCUT2D eigenvalue weighted by molar-refractivity contribution is 7.18. The zero-order chi connectivity index (χ0) is 29.9. The number of fused-ring (bicyclic) bond motifs is 2. The van der Waals surface area contributed by atoms with Crippen LogP contribution in [-0.4, -0.2) is 65.6 Å². The van der Waals surface area contributed by atoms with E-state index in [4.69, 9.17) is 9.97 Å². The Bertz CT molecular complexity index is 1850. The van der Waals surface area contributed by atoms with Gasteiger partial charge in [0.2, 0.25) is 0 Å². The third-order valence-electron chi connectivity index (χ3n) is 8.30. The first-order valence-electron chi connectivity index (χ1n) is 14.8. The van der Waals surface area contributed by atoms with Gasteiger partial charge < -0.3 is 25.3 Å². The van der Waals surface area contributed by atoms with Gasteiger partial charge in [0.1, 0.15) is 11.6 Å². The second-order valence-electron chi connectivity index (χ2n) is 12.5. The molecule has 3 amide bonds. The molecule has 3 aromatic heterocycles. The summed E-state index contributed by atoms with van der Waals surface area (Å²) in [6, 6.07) is 16.4. The van der Waals surface area contributed by atoms with E-state index in [1.54, 1.807) is 11.3 Å². The van der Waals surface area contributed by atoms with E-state index in [0.717, 1.165) is 81.0 Å². The lowest BCUT2D eigenvalue weighted by atomic mass is 10.1. The molecular weight excluding hydrogens is 562 g/mol.